The fourth-order valence-electron chi connectivity index (χ4n) is 2.46. The second-order valence-corrected chi connectivity index (χ2v) is 5.04. The molecule has 0 bridgehead atoms. The third kappa shape index (κ3) is 2.58. The van der Waals surface area contributed by atoms with Crippen LogP contribution in [0.2, 0.25) is 0 Å². The van der Waals surface area contributed by atoms with E-state index in [0.29, 0.717) is 11.8 Å². The predicted molar refractivity (Wildman–Crippen MR) is 80.9 cm³/mol. The monoisotopic (exact) mass is 277 g/mol. The average molecular weight is 277 g/mol. The first-order chi connectivity index (χ1) is 9.62. The molecule has 0 amide bonds. The van der Waals surface area contributed by atoms with Crippen LogP contribution in [-0.2, 0) is 6.42 Å². The van der Waals surface area contributed by atoms with Crippen LogP contribution in [0.15, 0.2) is 12.1 Å². The summed E-state index contributed by atoms with van der Waals surface area (Å²) < 4.78 is 13.0. The van der Waals surface area contributed by atoms with Crippen LogP contribution in [0, 0.1) is 0 Å². The number of rotatable bonds is 6. The average Bonchev–Trinajstić information content (AvgIpc) is 2.80. The topological polar surface area (TPSA) is 48.3 Å². The Bertz CT molecular complexity index is 590. The van der Waals surface area contributed by atoms with Gasteiger partial charge >= 0.3 is 0 Å². The van der Waals surface area contributed by atoms with E-state index in [9.17, 15) is 0 Å². The van der Waals surface area contributed by atoms with E-state index in [1.54, 1.807) is 14.2 Å². The van der Waals surface area contributed by atoms with Crippen LogP contribution < -0.4 is 14.8 Å². The normalized spacial score (nSPS) is 11.3. The highest BCUT2D eigenvalue weighted by Crippen LogP contribution is 2.33. The summed E-state index contributed by atoms with van der Waals surface area (Å²) in [6.45, 7) is 5.24. The maximum atomic E-state index is 5.39. The van der Waals surface area contributed by atoms with E-state index < -0.39 is 0 Å². The summed E-state index contributed by atoms with van der Waals surface area (Å²) in [5.41, 5.74) is 2.03. The molecule has 1 aromatic heterocycles. The van der Waals surface area contributed by atoms with Gasteiger partial charge in [-0.2, -0.15) is 0 Å². The van der Waals surface area contributed by atoms with Crippen molar-refractivity contribution in [2.75, 3.05) is 27.8 Å². The lowest BCUT2D eigenvalue weighted by Crippen LogP contribution is -2.15. The zero-order chi connectivity index (χ0) is 14.7. The quantitative estimate of drug-likeness (QED) is 0.881. The van der Waals surface area contributed by atoms with Gasteiger partial charge in [-0.1, -0.05) is 0 Å². The van der Waals surface area contributed by atoms with Crippen LogP contribution in [0.25, 0.3) is 11.0 Å². The number of benzene rings is 1. The molecular formula is C15H23N3O2. The van der Waals surface area contributed by atoms with Gasteiger partial charge in [-0.05, 0) is 20.9 Å². The molecule has 0 atom stereocenters. The number of ether oxygens (including phenoxy) is 2. The van der Waals surface area contributed by atoms with Crippen molar-refractivity contribution in [3.63, 3.8) is 0 Å². The lowest BCUT2D eigenvalue weighted by Gasteiger charge is -2.14. The fourth-order valence-corrected chi connectivity index (χ4v) is 2.46. The largest absolute Gasteiger partial charge is 0.493 e. The SMILES string of the molecule is CNCCc1nc2cc(OC)c(OC)cc2n1C(C)C. The van der Waals surface area contributed by atoms with Crippen LogP contribution in [-0.4, -0.2) is 37.4 Å². The van der Waals surface area contributed by atoms with Gasteiger partial charge in [-0.15, -0.1) is 0 Å². The molecule has 0 spiro atoms. The maximum absolute atomic E-state index is 5.39. The van der Waals surface area contributed by atoms with E-state index in [2.05, 4.69) is 23.7 Å². The van der Waals surface area contributed by atoms with Crippen molar-refractivity contribution in [3.05, 3.63) is 18.0 Å². The lowest BCUT2D eigenvalue weighted by atomic mass is 10.2. The molecule has 5 nitrogen and oxygen atoms in total. The van der Waals surface area contributed by atoms with Crippen LogP contribution in [0.4, 0.5) is 0 Å². The van der Waals surface area contributed by atoms with Gasteiger partial charge in [0.2, 0.25) is 0 Å². The molecule has 0 aliphatic carbocycles. The number of nitrogens with one attached hydrogen (secondary N) is 1. The second-order valence-electron chi connectivity index (χ2n) is 5.04. The number of imidazole rings is 1. The van der Waals surface area contributed by atoms with Crippen molar-refractivity contribution >= 4 is 11.0 Å². The molecule has 0 fully saturated rings. The summed E-state index contributed by atoms with van der Waals surface area (Å²) in [4.78, 5) is 4.74. The van der Waals surface area contributed by atoms with Gasteiger partial charge in [-0.25, -0.2) is 4.98 Å². The molecule has 0 aliphatic heterocycles. The van der Waals surface area contributed by atoms with Gasteiger partial charge in [0.1, 0.15) is 5.82 Å². The highest BCUT2D eigenvalue weighted by Gasteiger charge is 2.16. The van der Waals surface area contributed by atoms with Gasteiger partial charge in [0, 0.05) is 31.1 Å². The molecule has 0 saturated heterocycles. The standard InChI is InChI=1S/C15H23N3O2/c1-10(2)18-12-9-14(20-5)13(19-4)8-11(12)17-15(18)6-7-16-3/h8-10,16H,6-7H2,1-5H3. The molecule has 1 heterocycles. The number of aromatic nitrogens is 2. The van der Waals surface area contributed by atoms with Gasteiger partial charge in [0.25, 0.3) is 0 Å². The van der Waals surface area contributed by atoms with Crippen molar-refractivity contribution in [1.29, 1.82) is 0 Å². The van der Waals surface area contributed by atoms with Gasteiger partial charge in [-0.3, -0.25) is 0 Å². The Kier molecular flexibility index (Phi) is 4.49. The molecule has 2 aromatic rings. The fraction of sp³-hybridized carbons (Fsp3) is 0.533. The molecule has 2 rings (SSSR count). The molecule has 20 heavy (non-hydrogen) atoms. The number of hydrogen-bond acceptors (Lipinski definition) is 4. The van der Waals surface area contributed by atoms with Gasteiger partial charge in [0.15, 0.2) is 11.5 Å². The Morgan fingerprint density at radius 1 is 1.20 bits per heavy atom. The van der Waals surface area contributed by atoms with Crippen LogP contribution in [0.3, 0.4) is 0 Å². The maximum Gasteiger partial charge on any atom is 0.163 e. The number of nitrogens with zero attached hydrogens (tertiary/aromatic N) is 2. The second kappa shape index (κ2) is 6.13. The van der Waals surface area contributed by atoms with Crippen molar-refractivity contribution < 1.29 is 9.47 Å². The van der Waals surface area contributed by atoms with E-state index in [0.717, 1.165) is 35.6 Å². The minimum Gasteiger partial charge on any atom is -0.493 e. The molecule has 0 unspecified atom stereocenters. The molecule has 5 heteroatoms. The molecule has 0 aliphatic rings. The third-order valence-corrected chi connectivity index (χ3v) is 3.38. The highest BCUT2D eigenvalue weighted by molar-refractivity contribution is 5.81. The smallest absolute Gasteiger partial charge is 0.163 e. The molecule has 110 valence electrons. The third-order valence-electron chi connectivity index (χ3n) is 3.38. The molecule has 0 saturated carbocycles. The molecule has 1 N–H and O–H groups in total. The van der Waals surface area contributed by atoms with E-state index in [1.165, 1.54) is 0 Å². The zero-order valence-electron chi connectivity index (χ0n) is 12.9. The minimum absolute atomic E-state index is 0.352. The van der Waals surface area contributed by atoms with Crippen molar-refractivity contribution in [2.45, 2.75) is 26.3 Å². The lowest BCUT2D eigenvalue weighted by molar-refractivity contribution is 0.355. The predicted octanol–water partition coefficient (Wildman–Crippen LogP) is 2.40. The zero-order valence-corrected chi connectivity index (χ0v) is 12.9. The molecular weight excluding hydrogens is 254 g/mol. The number of likely N-dealkylation sites (N-methyl/N-ethyl adjacent to an activating group) is 1. The van der Waals surface area contributed by atoms with E-state index >= 15 is 0 Å². The number of hydrogen-bond donors (Lipinski definition) is 1. The molecule has 1 aromatic carbocycles. The van der Waals surface area contributed by atoms with Gasteiger partial charge < -0.3 is 19.4 Å². The Labute approximate surface area is 119 Å². The van der Waals surface area contributed by atoms with Gasteiger partial charge in [0.05, 0.1) is 25.3 Å². The Morgan fingerprint density at radius 3 is 2.40 bits per heavy atom. The summed E-state index contributed by atoms with van der Waals surface area (Å²) in [6, 6.07) is 4.30. The Morgan fingerprint density at radius 2 is 1.85 bits per heavy atom. The number of fused-ring (bicyclic) bond motifs is 1. The van der Waals surface area contributed by atoms with Crippen LogP contribution in [0.5, 0.6) is 11.5 Å². The first-order valence-corrected chi connectivity index (χ1v) is 6.89. The van der Waals surface area contributed by atoms with E-state index in [1.807, 2.05) is 19.2 Å². The van der Waals surface area contributed by atoms with Crippen molar-refractivity contribution in [3.8, 4) is 11.5 Å². The van der Waals surface area contributed by atoms with E-state index in [4.69, 9.17) is 14.5 Å². The summed E-state index contributed by atoms with van der Waals surface area (Å²) in [5, 5.41) is 3.17. The first kappa shape index (κ1) is 14.7. The minimum atomic E-state index is 0.352. The van der Waals surface area contributed by atoms with Crippen molar-refractivity contribution in [2.24, 2.45) is 0 Å². The van der Waals surface area contributed by atoms with Crippen molar-refractivity contribution in [1.82, 2.24) is 14.9 Å². The van der Waals surface area contributed by atoms with E-state index in [-0.39, 0.29) is 0 Å². The Hall–Kier alpha value is -1.75. The summed E-state index contributed by atoms with van der Waals surface area (Å²) in [5.74, 6) is 2.54. The van der Waals surface area contributed by atoms with Crippen LogP contribution >= 0.6 is 0 Å². The number of methoxy groups -OCH3 is 2. The first-order valence-electron chi connectivity index (χ1n) is 6.89. The summed E-state index contributed by atoms with van der Waals surface area (Å²) in [7, 11) is 5.25. The Balaban J connectivity index is 2.61. The summed E-state index contributed by atoms with van der Waals surface area (Å²) >= 11 is 0. The molecule has 0 radical (unpaired) electrons. The highest BCUT2D eigenvalue weighted by atomic mass is 16.5. The summed E-state index contributed by atoms with van der Waals surface area (Å²) in [6.07, 6.45) is 0.897. The van der Waals surface area contributed by atoms with Crippen LogP contribution in [0.1, 0.15) is 25.7 Å².